The largest absolute Gasteiger partial charge is 0.371 e. The molecule has 3 aromatic rings. The predicted molar refractivity (Wildman–Crippen MR) is 122 cm³/mol. The van der Waals surface area contributed by atoms with E-state index in [1.807, 2.05) is 0 Å². The van der Waals surface area contributed by atoms with E-state index in [-0.39, 0.29) is 17.2 Å². The summed E-state index contributed by atoms with van der Waals surface area (Å²) in [6.45, 7) is 2.23. The highest BCUT2D eigenvalue weighted by Crippen LogP contribution is 2.34. The first-order chi connectivity index (χ1) is 14.5. The van der Waals surface area contributed by atoms with Crippen LogP contribution < -0.4 is 16.4 Å². The van der Waals surface area contributed by atoms with Crippen LogP contribution in [0.3, 0.4) is 0 Å². The number of hydrogen-bond donors (Lipinski definition) is 1. The highest BCUT2D eigenvalue weighted by Gasteiger charge is 2.25. The van der Waals surface area contributed by atoms with Crippen molar-refractivity contribution in [3.63, 3.8) is 0 Å². The Morgan fingerprint density at radius 3 is 2.47 bits per heavy atom. The molecule has 0 bridgehead atoms. The van der Waals surface area contributed by atoms with Gasteiger partial charge in [0.2, 0.25) is 0 Å². The molecule has 30 heavy (non-hydrogen) atoms. The number of benzene rings is 1. The number of fused-ring (bicyclic) bond motifs is 2. The minimum atomic E-state index is -0.246. The number of nitrogens with zero attached hydrogens (tertiary/aromatic N) is 3. The Bertz CT molecular complexity index is 1190. The molecule has 2 heterocycles. The Morgan fingerprint density at radius 1 is 1.07 bits per heavy atom. The summed E-state index contributed by atoms with van der Waals surface area (Å²) in [6, 6.07) is 8.71. The molecule has 1 saturated carbocycles. The normalized spacial score (nSPS) is 15.3. The molecular formula is C24H30N4O2. The zero-order chi connectivity index (χ0) is 21.3. The number of pyridine rings is 1. The molecule has 0 unspecified atom stereocenters. The van der Waals surface area contributed by atoms with Crippen LogP contribution >= 0.6 is 0 Å². The van der Waals surface area contributed by atoms with Crippen LogP contribution in [0.5, 0.6) is 0 Å². The predicted octanol–water partition coefficient (Wildman–Crippen LogP) is 3.60. The van der Waals surface area contributed by atoms with Crippen LogP contribution in [-0.2, 0) is 26.3 Å². The second-order valence-corrected chi connectivity index (χ2v) is 8.27. The Balaban J connectivity index is 0.000000158. The van der Waals surface area contributed by atoms with E-state index in [1.165, 1.54) is 48.4 Å². The van der Waals surface area contributed by atoms with Crippen molar-refractivity contribution in [1.29, 1.82) is 0 Å². The molecule has 0 radical (unpaired) electrons. The van der Waals surface area contributed by atoms with Crippen LogP contribution in [0.2, 0.25) is 0 Å². The third-order valence-corrected chi connectivity index (χ3v) is 6.11. The van der Waals surface area contributed by atoms with Gasteiger partial charge in [0.25, 0.3) is 11.1 Å². The van der Waals surface area contributed by atoms with Gasteiger partial charge in [0.15, 0.2) is 5.82 Å². The fraction of sp³-hybridized carbons (Fsp3) is 0.458. The first-order valence-electron chi connectivity index (χ1n) is 10.9. The minimum absolute atomic E-state index is 0.115. The maximum absolute atomic E-state index is 12.0. The van der Waals surface area contributed by atoms with E-state index in [0.29, 0.717) is 16.6 Å². The molecule has 0 atom stereocenters. The fourth-order valence-corrected chi connectivity index (χ4v) is 4.17. The summed E-state index contributed by atoms with van der Waals surface area (Å²) >= 11 is 0. The molecule has 1 fully saturated rings. The molecule has 0 saturated heterocycles. The average molecular weight is 407 g/mol. The van der Waals surface area contributed by atoms with Crippen molar-refractivity contribution >= 4 is 16.6 Å². The Labute approximate surface area is 176 Å². The highest BCUT2D eigenvalue weighted by molar-refractivity contribution is 5.90. The summed E-state index contributed by atoms with van der Waals surface area (Å²) in [5.74, 6) is 0.613. The van der Waals surface area contributed by atoms with Crippen molar-refractivity contribution < 1.29 is 0 Å². The molecule has 158 valence electrons. The van der Waals surface area contributed by atoms with Gasteiger partial charge in [0, 0.05) is 37.8 Å². The summed E-state index contributed by atoms with van der Waals surface area (Å²) in [4.78, 5) is 23.9. The number of aryl methyl sites for hydroxylation is 4. The number of nitrogens with one attached hydrogen (secondary N) is 1. The molecule has 1 aromatic carbocycles. The molecule has 0 spiro atoms. The summed E-state index contributed by atoms with van der Waals surface area (Å²) in [7, 11) is 3.33. The van der Waals surface area contributed by atoms with Gasteiger partial charge < -0.3 is 9.88 Å². The fourth-order valence-electron chi connectivity index (χ4n) is 4.17. The van der Waals surface area contributed by atoms with Crippen LogP contribution in [0.25, 0.3) is 10.8 Å². The van der Waals surface area contributed by atoms with Gasteiger partial charge in [-0.2, -0.15) is 5.10 Å². The number of hydrogen-bond acceptors (Lipinski definition) is 4. The maximum Gasteiger partial charge on any atom is 0.274 e. The van der Waals surface area contributed by atoms with Crippen LogP contribution in [-0.4, -0.2) is 21.4 Å². The smallest absolute Gasteiger partial charge is 0.274 e. The summed E-state index contributed by atoms with van der Waals surface area (Å²) in [6.07, 6.45) is 10.4. The van der Waals surface area contributed by atoms with E-state index in [9.17, 15) is 9.59 Å². The van der Waals surface area contributed by atoms with E-state index in [4.69, 9.17) is 0 Å². The van der Waals surface area contributed by atoms with Gasteiger partial charge in [0.1, 0.15) is 0 Å². The second kappa shape index (κ2) is 8.46. The zero-order valence-electron chi connectivity index (χ0n) is 18.1. The third-order valence-electron chi connectivity index (χ3n) is 6.11. The lowest BCUT2D eigenvalue weighted by Crippen LogP contribution is -2.25. The number of anilines is 1. The quantitative estimate of drug-likeness (QED) is 0.722. The number of aromatic nitrogens is 3. The van der Waals surface area contributed by atoms with Gasteiger partial charge in [-0.3, -0.25) is 9.59 Å². The third kappa shape index (κ3) is 4.04. The SMILES string of the molecule is CCc1ccc2c(c1)CCCC2.CNc1nn(C)c(=O)c2cc(=O)n(C3CC3)cc12. The van der Waals surface area contributed by atoms with Crippen molar-refractivity contribution in [2.45, 2.75) is 57.9 Å². The molecule has 0 aliphatic heterocycles. The van der Waals surface area contributed by atoms with E-state index >= 15 is 0 Å². The van der Waals surface area contributed by atoms with E-state index in [0.717, 1.165) is 12.8 Å². The summed E-state index contributed by atoms with van der Waals surface area (Å²) in [5.41, 5.74) is 4.34. The van der Waals surface area contributed by atoms with Crippen molar-refractivity contribution in [2.24, 2.45) is 7.05 Å². The van der Waals surface area contributed by atoms with Gasteiger partial charge in [0.05, 0.1) is 5.39 Å². The molecule has 5 rings (SSSR count). The van der Waals surface area contributed by atoms with Gasteiger partial charge >= 0.3 is 0 Å². The highest BCUT2D eigenvalue weighted by atomic mass is 16.1. The number of rotatable bonds is 3. The van der Waals surface area contributed by atoms with E-state index in [2.05, 4.69) is 35.5 Å². The lowest BCUT2D eigenvalue weighted by atomic mass is 9.90. The van der Waals surface area contributed by atoms with E-state index < -0.39 is 0 Å². The summed E-state index contributed by atoms with van der Waals surface area (Å²) < 4.78 is 2.94. The zero-order valence-corrected chi connectivity index (χ0v) is 18.1. The molecular weight excluding hydrogens is 376 g/mol. The van der Waals surface area contributed by atoms with Gasteiger partial charge in [-0.05, 0) is 61.6 Å². The Kier molecular flexibility index (Phi) is 5.75. The van der Waals surface area contributed by atoms with Gasteiger partial charge in [-0.1, -0.05) is 25.1 Å². The molecule has 1 N–H and O–H groups in total. The molecule has 6 nitrogen and oxygen atoms in total. The van der Waals surface area contributed by atoms with Crippen molar-refractivity contribution in [3.05, 3.63) is 67.9 Å². The van der Waals surface area contributed by atoms with Crippen molar-refractivity contribution in [2.75, 3.05) is 12.4 Å². The Morgan fingerprint density at radius 2 is 1.80 bits per heavy atom. The van der Waals surface area contributed by atoms with Crippen LogP contribution in [0, 0.1) is 0 Å². The van der Waals surface area contributed by atoms with Crippen LogP contribution in [0.1, 0.15) is 55.3 Å². The molecule has 0 amide bonds. The average Bonchev–Trinajstić information content (AvgIpc) is 3.61. The summed E-state index contributed by atoms with van der Waals surface area (Å²) in [5, 5.41) is 8.22. The molecule has 2 aliphatic carbocycles. The van der Waals surface area contributed by atoms with Crippen LogP contribution in [0.4, 0.5) is 5.82 Å². The minimum Gasteiger partial charge on any atom is -0.371 e. The molecule has 2 aliphatic rings. The van der Waals surface area contributed by atoms with Gasteiger partial charge in [-0.25, -0.2) is 4.68 Å². The van der Waals surface area contributed by atoms with Crippen molar-refractivity contribution in [3.8, 4) is 0 Å². The lowest BCUT2D eigenvalue weighted by Gasteiger charge is -2.15. The second-order valence-electron chi connectivity index (χ2n) is 8.27. The van der Waals surface area contributed by atoms with Gasteiger partial charge in [-0.15, -0.1) is 0 Å². The monoisotopic (exact) mass is 406 g/mol. The first kappa shape index (κ1) is 20.4. The lowest BCUT2D eigenvalue weighted by molar-refractivity contribution is 0.684. The van der Waals surface area contributed by atoms with E-state index in [1.54, 1.807) is 36.0 Å². The first-order valence-corrected chi connectivity index (χ1v) is 10.9. The Hall–Kier alpha value is -2.89. The maximum atomic E-state index is 12.0. The van der Waals surface area contributed by atoms with Crippen molar-refractivity contribution in [1.82, 2.24) is 14.3 Å². The van der Waals surface area contributed by atoms with Crippen LogP contribution in [0.15, 0.2) is 40.1 Å². The molecule has 2 aromatic heterocycles. The molecule has 6 heteroatoms. The standard InChI is InChI=1S/C12H14N4O2.C12H16/c1-13-11-9-6-16(7-3-4-7)10(17)5-8(9)12(18)15(2)14-11;1-2-10-7-8-11-5-3-4-6-12(11)9-10/h5-7H,3-4H2,1-2H3,(H,13,14);7-9H,2-6H2,1H3. The topological polar surface area (TPSA) is 68.9 Å².